The molecule has 1 aliphatic carbocycles. The van der Waals surface area contributed by atoms with Crippen LogP contribution < -0.4 is 10.5 Å². The van der Waals surface area contributed by atoms with Crippen LogP contribution in [0, 0.1) is 17.2 Å². The van der Waals surface area contributed by atoms with Crippen LogP contribution in [0.5, 0.6) is 11.5 Å². The highest BCUT2D eigenvalue weighted by atomic mass is 16.5. The molecule has 3 N–H and O–H groups in total. The van der Waals surface area contributed by atoms with Crippen molar-refractivity contribution in [2.75, 3.05) is 12.3 Å². The Hall–Kier alpha value is -4.64. The Kier molecular flexibility index (Phi) is 6.26. The number of aromatic amines is 1. The number of nitrogen functional groups attached to an aromatic ring is 1. The Balaban J connectivity index is 1.28. The highest BCUT2D eigenvalue weighted by Gasteiger charge is 2.32. The van der Waals surface area contributed by atoms with Gasteiger partial charge in [0, 0.05) is 30.3 Å². The lowest BCUT2D eigenvalue weighted by molar-refractivity contribution is -0.127. The van der Waals surface area contributed by atoms with E-state index in [0.717, 1.165) is 65.0 Å². The van der Waals surface area contributed by atoms with Crippen LogP contribution in [0.3, 0.4) is 0 Å². The van der Waals surface area contributed by atoms with Crippen molar-refractivity contribution in [3.05, 3.63) is 78.0 Å². The molecule has 190 valence electrons. The molecule has 1 atom stereocenters. The number of nitrogens with two attached hydrogens (primary N) is 1. The number of rotatable bonds is 7. The Bertz CT molecular complexity index is 1550. The third-order valence-corrected chi connectivity index (χ3v) is 7.19. The molecule has 0 radical (unpaired) electrons. The first-order valence-electron chi connectivity index (χ1n) is 13.0. The van der Waals surface area contributed by atoms with Gasteiger partial charge in [-0.05, 0) is 74.1 Å². The fourth-order valence-electron chi connectivity index (χ4n) is 5.11. The molecule has 2 aromatic heterocycles. The summed E-state index contributed by atoms with van der Waals surface area (Å²) in [7, 11) is 0. The van der Waals surface area contributed by atoms with E-state index in [1.807, 2.05) is 71.6 Å². The maximum absolute atomic E-state index is 13.2. The Morgan fingerprint density at radius 2 is 1.89 bits per heavy atom. The first-order valence-corrected chi connectivity index (χ1v) is 13.0. The number of benzene rings is 2. The molecule has 38 heavy (non-hydrogen) atoms. The number of carbonyl (C=O) groups is 1. The van der Waals surface area contributed by atoms with Crippen LogP contribution in [0.4, 0.5) is 5.82 Å². The van der Waals surface area contributed by atoms with Crippen molar-refractivity contribution in [2.45, 2.75) is 38.1 Å². The maximum atomic E-state index is 13.2. The van der Waals surface area contributed by atoms with E-state index in [9.17, 15) is 10.1 Å². The van der Waals surface area contributed by atoms with Crippen molar-refractivity contribution in [3.8, 4) is 28.8 Å². The fourth-order valence-corrected chi connectivity index (χ4v) is 5.11. The average molecular weight is 505 g/mol. The van der Waals surface area contributed by atoms with Gasteiger partial charge >= 0.3 is 0 Å². The fraction of sp³-hybridized carbons (Fsp3) is 0.267. The number of allylic oxidation sites excluding steroid dienone is 1. The molecule has 1 saturated heterocycles. The highest BCUT2D eigenvalue weighted by molar-refractivity contribution is 6.00. The lowest BCUT2D eigenvalue weighted by atomic mass is 10.0. The van der Waals surface area contributed by atoms with Gasteiger partial charge in [-0.25, -0.2) is 0 Å². The second-order valence-electron chi connectivity index (χ2n) is 9.96. The SMILES string of the molecule is N#CC(=CC1CC1)C(=O)N1CCC[C@H]1Cc1cc2[nH]nc(N)c2c(-c2ccc(Oc3ccccc3)cc2)n1. The van der Waals surface area contributed by atoms with Crippen molar-refractivity contribution in [3.63, 3.8) is 0 Å². The van der Waals surface area contributed by atoms with E-state index in [1.54, 1.807) is 0 Å². The summed E-state index contributed by atoms with van der Waals surface area (Å²) in [6, 6.07) is 21.4. The van der Waals surface area contributed by atoms with E-state index in [-0.39, 0.29) is 17.5 Å². The van der Waals surface area contributed by atoms with E-state index in [0.29, 0.717) is 24.7 Å². The average Bonchev–Trinajstić information content (AvgIpc) is 3.52. The largest absolute Gasteiger partial charge is 0.457 e. The normalized spacial score (nSPS) is 17.5. The molecule has 0 unspecified atom stereocenters. The topological polar surface area (TPSA) is 121 Å². The minimum absolute atomic E-state index is 0.0156. The highest BCUT2D eigenvalue weighted by Crippen LogP contribution is 2.34. The van der Waals surface area contributed by atoms with E-state index in [2.05, 4.69) is 16.3 Å². The monoisotopic (exact) mass is 504 g/mol. The van der Waals surface area contributed by atoms with Crippen molar-refractivity contribution in [1.29, 1.82) is 5.26 Å². The molecule has 0 bridgehead atoms. The zero-order chi connectivity index (χ0) is 26.1. The molecule has 2 aliphatic rings. The van der Waals surface area contributed by atoms with Crippen LogP contribution >= 0.6 is 0 Å². The van der Waals surface area contributed by atoms with Crippen molar-refractivity contribution in [1.82, 2.24) is 20.1 Å². The number of anilines is 1. The molecule has 2 fully saturated rings. The van der Waals surface area contributed by atoms with Crippen LogP contribution in [-0.2, 0) is 11.2 Å². The number of amides is 1. The molecule has 1 amide bonds. The van der Waals surface area contributed by atoms with Gasteiger partial charge in [0.15, 0.2) is 5.82 Å². The summed E-state index contributed by atoms with van der Waals surface area (Å²) in [5.74, 6) is 2.09. The minimum Gasteiger partial charge on any atom is -0.457 e. The van der Waals surface area contributed by atoms with E-state index >= 15 is 0 Å². The van der Waals surface area contributed by atoms with Gasteiger partial charge in [0.1, 0.15) is 23.1 Å². The number of pyridine rings is 1. The van der Waals surface area contributed by atoms with Crippen molar-refractivity contribution >= 4 is 22.6 Å². The number of carbonyl (C=O) groups excluding carboxylic acids is 1. The number of nitrogens with one attached hydrogen (secondary N) is 1. The second kappa shape index (κ2) is 10.0. The van der Waals surface area contributed by atoms with E-state index in [1.165, 1.54) is 0 Å². The summed E-state index contributed by atoms with van der Waals surface area (Å²) >= 11 is 0. The van der Waals surface area contributed by atoms with Crippen LogP contribution in [0.25, 0.3) is 22.2 Å². The van der Waals surface area contributed by atoms with Gasteiger partial charge in [-0.2, -0.15) is 10.4 Å². The molecule has 4 aromatic rings. The van der Waals surface area contributed by atoms with E-state index in [4.69, 9.17) is 15.5 Å². The zero-order valence-electron chi connectivity index (χ0n) is 20.9. The first kappa shape index (κ1) is 23.7. The smallest absolute Gasteiger partial charge is 0.264 e. The number of para-hydroxylation sites is 1. The predicted octanol–water partition coefficient (Wildman–Crippen LogP) is 5.39. The molecule has 8 nitrogen and oxygen atoms in total. The van der Waals surface area contributed by atoms with Gasteiger partial charge < -0.3 is 15.4 Å². The Morgan fingerprint density at radius 1 is 1.13 bits per heavy atom. The molecule has 0 spiro atoms. The summed E-state index contributed by atoms with van der Waals surface area (Å²) in [6.07, 6.45) is 6.33. The lowest BCUT2D eigenvalue weighted by Crippen LogP contribution is -2.37. The number of nitrogens with zero attached hydrogens (tertiary/aromatic N) is 4. The third kappa shape index (κ3) is 4.83. The number of ether oxygens (including phenoxy) is 1. The Labute approximate surface area is 220 Å². The molecule has 6 rings (SSSR count). The summed E-state index contributed by atoms with van der Waals surface area (Å²) in [5, 5.41) is 17.6. The number of hydrogen-bond donors (Lipinski definition) is 2. The number of hydrogen-bond acceptors (Lipinski definition) is 6. The summed E-state index contributed by atoms with van der Waals surface area (Å²) in [4.78, 5) is 20.0. The number of fused-ring (bicyclic) bond motifs is 1. The van der Waals surface area contributed by atoms with Crippen LogP contribution in [0.2, 0.25) is 0 Å². The number of aromatic nitrogens is 3. The van der Waals surface area contributed by atoms with Gasteiger partial charge in [0.05, 0.1) is 16.6 Å². The first-order chi connectivity index (χ1) is 18.6. The van der Waals surface area contributed by atoms with Crippen molar-refractivity contribution < 1.29 is 9.53 Å². The lowest BCUT2D eigenvalue weighted by Gasteiger charge is -2.24. The summed E-state index contributed by atoms with van der Waals surface area (Å²) in [5.41, 5.74) is 9.75. The Morgan fingerprint density at radius 3 is 2.63 bits per heavy atom. The third-order valence-electron chi connectivity index (χ3n) is 7.19. The van der Waals surface area contributed by atoms with Crippen LogP contribution in [0.1, 0.15) is 31.4 Å². The van der Waals surface area contributed by atoms with Gasteiger partial charge in [-0.1, -0.05) is 24.3 Å². The van der Waals surface area contributed by atoms with Crippen LogP contribution in [0.15, 0.2) is 72.3 Å². The second-order valence-corrected chi connectivity index (χ2v) is 9.96. The molecule has 8 heteroatoms. The minimum atomic E-state index is -0.164. The van der Waals surface area contributed by atoms with Gasteiger partial charge in [0.25, 0.3) is 5.91 Å². The molecule has 2 aromatic carbocycles. The van der Waals surface area contributed by atoms with Crippen molar-refractivity contribution in [2.24, 2.45) is 5.92 Å². The quantitative estimate of drug-likeness (QED) is 0.257. The van der Waals surface area contributed by atoms with Crippen LogP contribution in [-0.4, -0.2) is 38.6 Å². The standard InChI is InChI=1S/C30H28N6O2/c31-18-21(15-19-8-9-19)30(37)36-14-4-5-23(36)16-22-17-26-27(29(32)35-34-26)28(33-22)20-10-12-25(13-11-20)38-24-6-2-1-3-7-24/h1-3,6-7,10-13,15,17,19,23H,4-5,8-9,14,16H2,(H3,32,34,35)/t23-/m0/s1. The molecule has 1 aliphatic heterocycles. The van der Waals surface area contributed by atoms with Gasteiger partial charge in [-0.3, -0.25) is 14.9 Å². The number of nitriles is 1. The number of H-pyrrole nitrogens is 1. The molecule has 3 heterocycles. The number of likely N-dealkylation sites (tertiary alicyclic amines) is 1. The molecule has 1 saturated carbocycles. The van der Waals surface area contributed by atoms with Gasteiger partial charge in [-0.15, -0.1) is 0 Å². The zero-order valence-corrected chi connectivity index (χ0v) is 20.9. The molecular formula is C30H28N6O2. The maximum Gasteiger partial charge on any atom is 0.264 e. The predicted molar refractivity (Wildman–Crippen MR) is 145 cm³/mol. The van der Waals surface area contributed by atoms with Gasteiger partial charge in [0.2, 0.25) is 0 Å². The molecular weight excluding hydrogens is 476 g/mol. The summed E-state index contributed by atoms with van der Waals surface area (Å²) < 4.78 is 5.94. The van der Waals surface area contributed by atoms with E-state index < -0.39 is 0 Å². The summed E-state index contributed by atoms with van der Waals surface area (Å²) in [6.45, 7) is 0.655.